The van der Waals surface area contributed by atoms with Crippen LogP contribution in [-0.2, 0) is 0 Å². The summed E-state index contributed by atoms with van der Waals surface area (Å²) in [5, 5.41) is 1.51. The summed E-state index contributed by atoms with van der Waals surface area (Å²) in [6, 6.07) is 9.17. The SMILES string of the molecule is O[P+](O)(C1=CCCCC1)c1ccccc1. The van der Waals surface area contributed by atoms with Crippen LogP contribution in [0.1, 0.15) is 25.7 Å². The van der Waals surface area contributed by atoms with Gasteiger partial charge in [0, 0.05) is 6.42 Å². The molecule has 0 radical (unpaired) electrons. The smallest absolute Gasteiger partial charge is 0.210 e. The molecule has 0 saturated carbocycles. The van der Waals surface area contributed by atoms with Crippen LogP contribution >= 0.6 is 7.72 Å². The molecule has 3 heteroatoms. The van der Waals surface area contributed by atoms with Crippen molar-refractivity contribution >= 4 is 13.0 Å². The summed E-state index contributed by atoms with van der Waals surface area (Å²) in [6.07, 6.45) is 6.05. The number of hydrogen-bond donors (Lipinski definition) is 2. The fraction of sp³-hybridized carbons (Fsp3) is 0.333. The van der Waals surface area contributed by atoms with Gasteiger partial charge in [0.2, 0.25) is 0 Å². The highest BCUT2D eigenvalue weighted by molar-refractivity contribution is 7.76. The van der Waals surface area contributed by atoms with Crippen molar-refractivity contribution in [2.45, 2.75) is 25.7 Å². The van der Waals surface area contributed by atoms with Crippen LogP contribution in [0.2, 0.25) is 0 Å². The Labute approximate surface area is 90.8 Å². The third-order valence-corrected chi connectivity index (χ3v) is 5.01. The highest BCUT2D eigenvalue weighted by Gasteiger charge is 2.41. The molecule has 1 aromatic rings. The maximum absolute atomic E-state index is 10.2. The average molecular weight is 223 g/mol. The summed E-state index contributed by atoms with van der Waals surface area (Å²) in [5.41, 5.74) is 0. The topological polar surface area (TPSA) is 40.5 Å². The number of allylic oxidation sites excluding steroid dienone is 2. The quantitative estimate of drug-likeness (QED) is 0.756. The normalized spacial score (nSPS) is 17.3. The molecule has 1 aliphatic carbocycles. The Kier molecular flexibility index (Phi) is 3.20. The van der Waals surface area contributed by atoms with E-state index in [0.717, 1.165) is 31.0 Å². The summed E-state index contributed by atoms with van der Waals surface area (Å²) >= 11 is 0. The van der Waals surface area contributed by atoms with E-state index in [0.29, 0.717) is 5.30 Å². The monoisotopic (exact) mass is 223 g/mol. The molecule has 0 fully saturated rings. The Morgan fingerprint density at radius 3 is 2.33 bits per heavy atom. The minimum absolute atomic E-state index is 0.665. The molecule has 1 aromatic carbocycles. The molecule has 0 heterocycles. The van der Waals surface area contributed by atoms with Gasteiger partial charge in [-0.3, -0.25) is 0 Å². The summed E-state index contributed by atoms with van der Waals surface area (Å²) < 4.78 is 0. The van der Waals surface area contributed by atoms with Crippen molar-refractivity contribution in [2.24, 2.45) is 0 Å². The van der Waals surface area contributed by atoms with Crippen LogP contribution < -0.4 is 5.30 Å². The van der Waals surface area contributed by atoms with E-state index in [1.165, 1.54) is 0 Å². The zero-order valence-corrected chi connectivity index (χ0v) is 9.53. The first-order valence-corrected chi connectivity index (χ1v) is 7.00. The van der Waals surface area contributed by atoms with E-state index in [-0.39, 0.29) is 0 Å². The van der Waals surface area contributed by atoms with Crippen molar-refractivity contribution in [1.82, 2.24) is 0 Å². The molecule has 0 bridgehead atoms. The zero-order chi connectivity index (χ0) is 10.7. The Morgan fingerprint density at radius 2 is 1.73 bits per heavy atom. The molecule has 0 aromatic heterocycles. The van der Waals surface area contributed by atoms with Crippen LogP contribution in [0.15, 0.2) is 41.7 Å². The van der Waals surface area contributed by atoms with Crippen LogP contribution in [0.25, 0.3) is 0 Å². The molecule has 0 saturated heterocycles. The van der Waals surface area contributed by atoms with Crippen LogP contribution in [0, 0.1) is 0 Å². The Bertz CT molecular complexity index is 357. The summed E-state index contributed by atoms with van der Waals surface area (Å²) in [5.74, 6) is 0. The minimum Gasteiger partial charge on any atom is -0.210 e. The molecule has 0 atom stereocenters. The van der Waals surface area contributed by atoms with Gasteiger partial charge in [-0.15, -0.1) is 0 Å². The molecule has 15 heavy (non-hydrogen) atoms. The Morgan fingerprint density at radius 1 is 1.00 bits per heavy atom. The minimum atomic E-state index is -3.01. The largest absolute Gasteiger partial charge is 0.328 e. The van der Waals surface area contributed by atoms with Gasteiger partial charge in [0.25, 0.3) is 0 Å². The van der Waals surface area contributed by atoms with Gasteiger partial charge in [-0.25, -0.2) is 9.79 Å². The Balaban J connectivity index is 2.30. The predicted molar refractivity (Wildman–Crippen MR) is 64.0 cm³/mol. The Hall–Kier alpha value is -0.690. The molecular weight excluding hydrogens is 207 g/mol. The average Bonchev–Trinajstić information content (AvgIpc) is 2.31. The second-order valence-electron chi connectivity index (χ2n) is 3.88. The van der Waals surface area contributed by atoms with Crippen LogP contribution in [0.4, 0.5) is 0 Å². The molecule has 0 unspecified atom stereocenters. The van der Waals surface area contributed by atoms with Crippen LogP contribution in [0.3, 0.4) is 0 Å². The summed E-state index contributed by atoms with van der Waals surface area (Å²) in [6.45, 7) is 0. The lowest BCUT2D eigenvalue weighted by Gasteiger charge is -2.17. The maximum Gasteiger partial charge on any atom is 0.328 e. The standard InChI is InChI=1S/C12H16O2P/c13-15(14,11-7-3-1-4-8-11)12-9-5-2-6-10-12/h1,3-4,7-9,13-14H,2,5-6,10H2/q+1. The van der Waals surface area contributed by atoms with Gasteiger partial charge in [-0.1, -0.05) is 18.2 Å². The molecule has 2 nitrogen and oxygen atoms in total. The second-order valence-corrected chi connectivity index (χ2v) is 6.17. The van der Waals surface area contributed by atoms with E-state index >= 15 is 0 Å². The van der Waals surface area contributed by atoms with Crippen molar-refractivity contribution in [2.75, 3.05) is 0 Å². The van der Waals surface area contributed by atoms with Crippen molar-refractivity contribution in [3.63, 3.8) is 0 Å². The molecule has 0 amide bonds. The van der Waals surface area contributed by atoms with Crippen molar-refractivity contribution in [1.29, 1.82) is 0 Å². The zero-order valence-electron chi connectivity index (χ0n) is 8.63. The van der Waals surface area contributed by atoms with Crippen molar-refractivity contribution in [3.8, 4) is 0 Å². The van der Waals surface area contributed by atoms with Gasteiger partial charge < -0.3 is 0 Å². The third-order valence-electron chi connectivity index (χ3n) is 2.78. The van der Waals surface area contributed by atoms with E-state index in [4.69, 9.17) is 0 Å². The molecule has 1 aliphatic rings. The van der Waals surface area contributed by atoms with Gasteiger partial charge >= 0.3 is 7.72 Å². The van der Waals surface area contributed by atoms with Gasteiger partial charge in [-0.2, -0.15) is 0 Å². The molecular formula is C12H16O2P+. The fourth-order valence-corrected chi connectivity index (χ4v) is 3.68. The first kappa shape index (κ1) is 10.8. The van der Waals surface area contributed by atoms with Gasteiger partial charge in [0.15, 0.2) is 5.30 Å². The van der Waals surface area contributed by atoms with Crippen LogP contribution in [0.5, 0.6) is 0 Å². The molecule has 2 rings (SSSR count). The lowest BCUT2D eigenvalue weighted by molar-refractivity contribution is 0.469. The van der Waals surface area contributed by atoms with E-state index in [9.17, 15) is 9.79 Å². The third kappa shape index (κ3) is 2.28. The molecule has 2 N–H and O–H groups in total. The molecule has 0 spiro atoms. The van der Waals surface area contributed by atoms with Gasteiger partial charge in [0.1, 0.15) is 5.31 Å². The summed E-state index contributed by atoms with van der Waals surface area (Å²) in [7, 11) is -3.01. The van der Waals surface area contributed by atoms with E-state index in [1.54, 1.807) is 12.1 Å². The lowest BCUT2D eigenvalue weighted by Crippen LogP contribution is -2.12. The first-order valence-electron chi connectivity index (χ1n) is 5.31. The summed E-state index contributed by atoms with van der Waals surface area (Å²) in [4.78, 5) is 20.4. The van der Waals surface area contributed by atoms with Crippen molar-refractivity contribution in [3.05, 3.63) is 41.7 Å². The highest BCUT2D eigenvalue weighted by Crippen LogP contribution is 2.59. The van der Waals surface area contributed by atoms with E-state index in [2.05, 4.69) is 0 Å². The maximum atomic E-state index is 10.2. The van der Waals surface area contributed by atoms with Crippen molar-refractivity contribution < 1.29 is 9.79 Å². The predicted octanol–water partition coefficient (Wildman–Crippen LogP) is 2.60. The number of rotatable bonds is 2. The lowest BCUT2D eigenvalue weighted by atomic mass is 10.1. The van der Waals surface area contributed by atoms with E-state index in [1.807, 2.05) is 24.3 Å². The highest BCUT2D eigenvalue weighted by atomic mass is 31.2. The molecule has 0 aliphatic heterocycles. The number of benzene rings is 1. The van der Waals surface area contributed by atoms with Crippen LogP contribution in [-0.4, -0.2) is 9.79 Å². The van der Waals surface area contributed by atoms with Gasteiger partial charge in [0.05, 0.1) is 0 Å². The van der Waals surface area contributed by atoms with E-state index < -0.39 is 7.72 Å². The first-order chi connectivity index (χ1) is 7.21. The fourth-order valence-electron chi connectivity index (χ4n) is 1.91. The molecule has 80 valence electrons. The van der Waals surface area contributed by atoms with Gasteiger partial charge in [-0.05, 0) is 37.5 Å². The number of hydrogen-bond acceptors (Lipinski definition) is 2. The second kappa shape index (κ2) is 4.44.